The lowest BCUT2D eigenvalue weighted by Gasteiger charge is -2.18. The Balaban J connectivity index is 1.44. The van der Waals surface area contributed by atoms with Gasteiger partial charge in [0, 0.05) is 28.8 Å². The van der Waals surface area contributed by atoms with Gasteiger partial charge in [-0.2, -0.15) is 0 Å². The molecular weight excluding hydrogens is 420 g/mol. The number of hydrogen-bond acceptors (Lipinski definition) is 3. The summed E-state index contributed by atoms with van der Waals surface area (Å²) < 4.78 is 0.912. The quantitative estimate of drug-likeness (QED) is 0.652. The second kappa shape index (κ2) is 7.82. The Labute approximate surface area is 170 Å². The number of hydrogen-bond donors (Lipinski definition) is 1. The highest BCUT2D eigenvalue weighted by Gasteiger charge is 2.31. The van der Waals surface area contributed by atoms with E-state index in [1.165, 1.54) is 0 Å². The molecule has 6 nitrogen and oxygen atoms in total. The van der Waals surface area contributed by atoms with Crippen LogP contribution < -0.4 is 15.1 Å². The van der Waals surface area contributed by atoms with Crippen LogP contribution in [0.5, 0.6) is 0 Å². The van der Waals surface area contributed by atoms with Crippen molar-refractivity contribution in [2.75, 3.05) is 28.2 Å². The first-order chi connectivity index (χ1) is 13.6. The van der Waals surface area contributed by atoms with Crippen molar-refractivity contribution in [2.24, 2.45) is 0 Å². The number of benzene rings is 2. The number of rotatable bonds is 4. The largest absolute Gasteiger partial charge is 0.330 e. The highest BCUT2D eigenvalue weighted by Crippen LogP contribution is 2.24. The fourth-order valence-electron chi connectivity index (χ4n) is 3.02. The molecule has 0 aliphatic carbocycles. The van der Waals surface area contributed by atoms with Crippen LogP contribution in [0.2, 0.25) is 0 Å². The van der Waals surface area contributed by atoms with Gasteiger partial charge in [-0.25, -0.2) is 9.78 Å². The summed E-state index contributed by atoms with van der Waals surface area (Å²) in [7, 11) is 0. The van der Waals surface area contributed by atoms with Crippen LogP contribution in [0.25, 0.3) is 0 Å². The van der Waals surface area contributed by atoms with E-state index in [9.17, 15) is 9.59 Å². The Kier molecular flexibility index (Phi) is 5.08. The summed E-state index contributed by atoms with van der Waals surface area (Å²) in [5.41, 5.74) is 2.00. The van der Waals surface area contributed by atoms with Crippen LogP contribution in [0.1, 0.15) is 10.4 Å². The monoisotopic (exact) mass is 436 g/mol. The molecule has 1 N–H and O–H groups in total. The highest BCUT2D eigenvalue weighted by atomic mass is 79.9. The first-order valence-electron chi connectivity index (χ1n) is 8.79. The van der Waals surface area contributed by atoms with Crippen LogP contribution >= 0.6 is 15.9 Å². The maximum atomic E-state index is 12.7. The predicted molar refractivity (Wildman–Crippen MR) is 113 cm³/mol. The zero-order chi connectivity index (χ0) is 19.5. The SMILES string of the molecule is O=C(Nc1ccc(N2CCN(c3ccccc3)C2=O)nc1)c1ccc(Br)cc1. The molecule has 0 bridgehead atoms. The minimum Gasteiger partial charge on any atom is -0.321 e. The van der Waals surface area contributed by atoms with Gasteiger partial charge in [-0.3, -0.25) is 14.6 Å². The molecule has 0 spiro atoms. The lowest BCUT2D eigenvalue weighted by Crippen LogP contribution is -2.32. The molecule has 0 unspecified atom stereocenters. The number of carbonyl (C=O) groups is 2. The Hall–Kier alpha value is -3.19. The molecule has 2 aromatic carbocycles. The summed E-state index contributed by atoms with van der Waals surface area (Å²) in [6, 6.07) is 20.0. The van der Waals surface area contributed by atoms with Gasteiger partial charge in [0.15, 0.2) is 0 Å². The first-order valence-corrected chi connectivity index (χ1v) is 9.58. The molecule has 1 aliphatic heterocycles. The Morgan fingerprint density at radius 1 is 0.929 bits per heavy atom. The fraction of sp³-hybridized carbons (Fsp3) is 0.0952. The van der Waals surface area contributed by atoms with Crippen molar-refractivity contribution >= 4 is 45.1 Å². The molecule has 4 rings (SSSR count). The number of anilines is 3. The maximum absolute atomic E-state index is 12.7. The second-order valence-corrected chi connectivity index (χ2v) is 7.20. The van der Waals surface area contributed by atoms with Crippen molar-refractivity contribution in [2.45, 2.75) is 0 Å². The van der Waals surface area contributed by atoms with E-state index in [-0.39, 0.29) is 11.9 Å². The van der Waals surface area contributed by atoms with Gasteiger partial charge in [0.25, 0.3) is 5.91 Å². The summed E-state index contributed by atoms with van der Waals surface area (Å²) in [5, 5.41) is 2.81. The molecule has 3 amide bonds. The molecule has 0 atom stereocenters. The van der Waals surface area contributed by atoms with E-state index in [1.807, 2.05) is 42.5 Å². The van der Waals surface area contributed by atoms with Crippen LogP contribution in [-0.4, -0.2) is 30.0 Å². The van der Waals surface area contributed by atoms with Crippen molar-refractivity contribution in [1.29, 1.82) is 0 Å². The van der Waals surface area contributed by atoms with E-state index in [2.05, 4.69) is 26.2 Å². The molecule has 7 heteroatoms. The number of para-hydroxylation sites is 1. The van der Waals surface area contributed by atoms with Crippen LogP contribution in [0.15, 0.2) is 77.4 Å². The van der Waals surface area contributed by atoms with Gasteiger partial charge in [0.2, 0.25) is 0 Å². The van der Waals surface area contributed by atoms with Gasteiger partial charge >= 0.3 is 6.03 Å². The fourth-order valence-corrected chi connectivity index (χ4v) is 3.29. The number of pyridine rings is 1. The second-order valence-electron chi connectivity index (χ2n) is 6.29. The van der Waals surface area contributed by atoms with Gasteiger partial charge in [-0.1, -0.05) is 34.1 Å². The standard InChI is InChI=1S/C21H17BrN4O2/c22-16-8-6-15(7-9-16)20(27)24-17-10-11-19(23-14-17)26-13-12-25(21(26)28)18-4-2-1-3-5-18/h1-11,14H,12-13H2,(H,24,27). The number of aromatic nitrogens is 1. The van der Waals surface area contributed by atoms with Gasteiger partial charge in [0.1, 0.15) is 5.82 Å². The molecule has 28 heavy (non-hydrogen) atoms. The van der Waals surface area contributed by atoms with Crippen molar-refractivity contribution in [3.05, 3.63) is 83.0 Å². The lowest BCUT2D eigenvalue weighted by molar-refractivity contribution is 0.102. The minimum absolute atomic E-state index is 0.106. The molecule has 1 fully saturated rings. The average Bonchev–Trinajstić information content (AvgIpc) is 3.11. The van der Waals surface area contributed by atoms with Crippen LogP contribution in [0.3, 0.4) is 0 Å². The molecule has 1 aromatic heterocycles. The summed E-state index contributed by atoms with van der Waals surface area (Å²) >= 11 is 3.35. The van der Waals surface area contributed by atoms with Crippen LogP contribution in [0.4, 0.5) is 22.0 Å². The van der Waals surface area contributed by atoms with E-state index < -0.39 is 0 Å². The van der Waals surface area contributed by atoms with Gasteiger partial charge < -0.3 is 5.32 Å². The molecule has 1 aliphatic rings. The Morgan fingerprint density at radius 3 is 2.32 bits per heavy atom. The minimum atomic E-state index is -0.213. The summed E-state index contributed by atoms with van der Waals surface area (Å²) in [4.78, 5) is 32.7. The van der Waals surface area contributed by atoms with Crippen molar-refractivity contribution in [1.82, 2.24) is 4.98 Å². The van der Waals surface area contributed by atoms with E-state index in [0.717, 1.165) is 10.2 Å². The smallest absolute Gasteiger partial charge is 0.321 e. The zero-order valence-electron chi connectivity index (χ0n) is 14.9. The molecule has 0 radical (unpaired) electrons. The van der Waals surface area contributed by atoms with Crippen LogP contribution in [-0.2, 0) is 0 Å². The summed E-state index contributed by atoms with van der Waals surface area (Å²) in [6.45, 7) is 1.16. The van der Waals surface area contributed by atoms with E-state index in [0.29, 0.717) is 30.2 Å². The zero-order valence-corrected chi connectivity index (χ0v) is 16.5. The van der Waals surface area contributed by atoms with E-state index in [4.69, 9.17) is 0 Å². The number of nitrogens with one attached hydrogen (secondary N) is 1. The topological polar surface area (TPSA) is 65.5 Å². The van der Waals surface area contributed by atoms with Gasteiger partial charge in [0.05, 0.1) is 11.9 Å². The third kappa shape index (κ3) is 3.75. The first kappa shape index (κ1) is 18.2. The molecule has 2 heterocycles. The Morgan fingerprint density at radius 2 is 1.64 bits per heavy atom. The van der Waals surface area contributed by atoms with Crippen molar-refractivity contribution in [3.8, 4) is 0 Å². The molecule has 140 valence electrons. The van der Waals surface area contributed by atoms with Crippen LogP contribution in [0, 0.1) is 0 Å². The molecule has 3 aromatic rings. The number of amides is 3. The van der Waals surface area contributed by atoms with Gasteiger partial charge in [-0.15, -0.1) is 0 Å². The number of nitrogens with zero attached hydrogens (tertiary/aromatic N) is 3. The summed E-state index contributed by atoms with van der Waals surface area (Å²) in [5.74, 6) is 0.347. The molecule has 1 saturated heterocycles. The van der Waals surface area contributed by atoms with Crippen molar-refractivity contribution in [3.63, 3.8) is 0 Å². The predicted octanol–water partition coefficient (Wildman–Crippen LogP) is 4.54. The van der Waals surface area contributed by atoms with E-state index in [1.54, 1.807) is 40.3 Å². The molecular formula is C21H17BrN4O2. The third-order valence-electron chi connectivity index (χ3n) is 4.47. The summed E-state index contributed by atoms with van der Waals surface area (Å²) in [6.07, 6.45) is 1.56. The third-order valence-corrected chi connectivity index (χ3v) is 4.99. The average molecular weight is 437 g/mol. The van der Waals surface area contributed by atoms with Gasteiger partial charge in [-0.05, 0) is 48.5 Å². The maximum Gasteiger partial charge on any atom is 0.330 e. The van der Waals surface area contributed by atoms with Crippen molar-refractivity contribution < 1.29 is 9.59 Å². The normalized spacial score (nSPS) is 13.7. The Bertz CT molecular complexity index is 991. The lowest BCUT2D eigenvalue weighted by atomic mass is 10.2. The number of urea groups is 1. The molecule has 0 saturated carbocycles. The number of halogens is 1. The number of carbonyl (C=O) groups excluding carboxylic acids is 2. The highest BCUT2D eigenvalue weighted by molar-refractivity contribution is 9.10. The van der Waals surface area contributed by atoms with E-state index >= 15 is 0 Å².